The van der Waals surface area contributed by atoms with Gasteiger partial charge in [-0.1, -0.05) is 41.1 Å². The van der Waals surface area contributed by atoms with Crippen molar-refractivity contribution in [3.63, 3.8) is 0 Å². The summed E-state index contributed by atoms with van der Waals surface area (Å²) in [4.78, 5) is 4.34. The molecule has 1 unspecified atom stereocenters. The number of hydrogen-bond acceptors (Lipinski definition) is 2. The Morgan fingerprint density at radius 1 is 1.25 bits per heavy atom. The van der Waals surface area contributed by atoms with Gasteiger partial charge in [0, 0.05) is 16.9 Å². The third kappa shape index (κ3) is 3.47. The molecule has 0 radical (unpaired) electrons. The van der Waals surface area contributed by atoms with Gasteiger partial charge in [-0.2, -0.15) is 0 Å². The third-order valence-corrected chi connectivity index (χ3v) is 4.31. The van der Waals surface area contributed by atoms with Crippen molar-refractivity contribution in [3.05, 3.63) is 63.4 Å². The highest BCUT2D eigenvalue weighted by Gasteiger charge is 2.16. The Morgan fingerprint density at radius 3 is 2.75 bits per heavy atom. The van der Waals surface area contributed by atoms with Crippen LogP contribution in [0.25, 0.3) is 0 Å². The molecule has 0 amide bonds. The lowest BCUT2D eigenvalue weighted by Gasteiger charge is -2.22. The zero-order chi connectivity index (χ0) is 14.5. The fraction of sp³-hybridized carbons (Fsp3) is 0.353. The van der Waals surface area contributed by atoms with Crippen LogP contribution in [-0.4, -0.2) is 11.5 Å². The fourth-order valence-corrected chi connectivity index (χ4v) is 2.75. The van der Waals surface area contributed by atoms with E-state index >= 15 is 0 Å². The minimum Gasteiger partial charge on any atom is -0.306 e. The summed E-state index contributed by atoms with van der Waals surface area (Å²) in [6.07, 6.45) is 4.97. The van der Waals surface area contributed by atoms with Gasteiger partial charge in [-0.25, -0.2) is 0 Å². The smallest absolute Gasteiger partial charge is 0.0595 e. The molecular formula is C17H21BrN2. The van der Waals surface area contributed by atoms with Crippen LogP contribution in [0.5, 0.6) is 0 Å². The van der Waals surface area contributed by atoms with Crippen molar-refractivity contribution in [3.8, 4) is 0 Å². The first-order chi connectivity index (χ1) is 9.63. The third-order valence-electron chi connectivity index (χ3n) is 3.45. The lowest BCUT2D eigenvalue weighted by atomic mass is 9.95. The Kier molecular flexibility index (Phi) is 5.32. The van der Waals surface area contributed by atoms with Gasteiger partial charge in [0.15, 0.2) is 0 Å². The number of aromatic nitrogens is 1. The highest BCUT2D eigenvalue weighted by molar-refractivity contribution is 9.10. The topological polar surface area (TPSA) is 24.9 Å². The first-order valence-electron chi connectivity index (χ1n) is 7.03. The van der Waals surface area contributed by atoms with Gasteiger partial charge in [0.1, 0.15) is 0 Å². The quantitative estimate of drug-likeness (QED) is 0.868. The highest BCUT2D eigenvalue weighted by atomic mass is 79.9. The molecule has 1 N–H and O–H groups in total. The first-order valence-corrected chi connectivity index (χ1v) is 7.82. The number of benzene rings is 1. The summed E-state index contributed by atoms with van der Waals surface area (Å²) in [5, 5.41) is 3.64. The molecule has 20 heavy (non-hydrogen) atoms. The largest absolute Gasteiger partial charge is 0.306 e. The van der Waals surface area contributed by atoms with E-state index in [4.69, 9.17) is 0 Å². The van der Waals surface area contributed by atoms with E-state index < -0.39 is 0 Å². The van der Waals surface area contributed by atoms with Crippen LogP contribution in [0, 0.1) is 13.8 Å². The van der Waals surface area contributed by atoms with Gasteiger partial charge >= 0.3 is 0 Å². The predicted molar refractivity (Wildman–Crippen MR) is 88.0 cm³/mol. The van der Waals surface area contributed by atoms with Crippen molar-refractivity contribution in [2.45, 2.75) is 33.2 Å². The summed E-state index contributed by atoms with van der Waals surface area (Å²) in [5.41, 5.74) is 5.00. The van der Waals surface area contributed by atoms with Crippen LogP contribution in [0.1, 0.15) is 41.6 Å². The van der Waals surface area contributed by atoms with Gasteiger partial charge in [0.05, 0.1) is 6.04 Å². The monoisotopic (exact) mass is 332 g/mol. The molecule has 0 aliphatic rings. The summed E-state index contributed by atoms with van der Waals surface area (Å²) in [6, 6.07) is 8.77. The number of nitrogens with zero attached hydrogens (tertiary/aromatic N) is 1. The van der Waals surface area contributed by atoms with Crippen LogP contribution in [-0.2, 0) is 0 Å². The standard InChI is InChI=1S/C17H21BrN2/c1-4-8-20-17(14-9-12(2)10-19-11-14)15-6-5-7-16(18)13(15)3/h5-7,9-11,17,20H,4,8H2,1-3H3. The average Bonchev–Trinajstić information content (AvgIpc) is 2.44. The molecule has 0 bridgehead atoms. The Labute approximate surface area is 129 Å². The molecular weight excluding hydrogens is 312 g/mol. The van der Waals surface area contributed by atoms with Gasteiger partial charge in [0.25, 0.3) is 0 Å². The van der Waals surface area contributed by atoms with E-state index in [1.165, 1.54) is 22.3 Å². The van der Waals surface area contributed by atoms with Gasteiger partial charge in [-0.15, -0.1) is 0 Å². The molecule has 0 aliphatic heterocycles. The molecule has 106 valence electrons. The van der Waals surface area contributed by atoms with Gasteiger partial charge < -0.3 is 5.32 Å². The number of nitrogens with one attached hydrogen (secondary N) is 1. The highest BCUT2D eigenvalue weighted by Crippen LogP contribution is 2.29. The van der Waals surface area contributed by atoms with Crippen molar-refractivity contribution >= 4 is 15.9 Å². The molecule has 1 atom stereocenters. The van der Waals surface area contributed by atoms with Crippen molar-refractivity contribution in [2.75, 3.05) is 6.54 Å². The van der Waals surface area contributed by atoms with Crippen LogP contribution in [0.3, 0.4) is 0 Å². The first kappa shape index (κ1) is 15.2. The van der Waals surface area contributed by atoms with E-state index in [9.17, 15) is 0 Å². The summed E-state index contributed by atoms with van der Waals surface area (Å²) in [6.45, 7) is 7.42. The van der Waals surface area contributed by atoms with E-state index in [0.29, 0.717) is 0 Å². The maximum Gasteiger partial charge on any atom is 0.0595 e. The van der Waals surface area contributed by atoms with Crippen molar-refractivity contribution in [1.82, 2.24) is 10.3 Å². The molecule has 0 spiro atoms. The second kappa shape index (κ2) is 7.00. The predicted octanol–water partition coefficient (Wildman–Crippen LogP) is 4.55. The maximum atomic E-state index is 4.34. The minimum atomic E-state index is 0.194. The Morgan fingerprint density at radius 2 is 2.05 bits per heavy atom. The molecule has 1 aromatic carbocycles. The lowest BCUT2D eigenvalue weighted by Crippen LogP contribution is -2.24. The van der Waals surface area contributed by atoms with Crippen LogP contribution < -0.4 is 5.32 Å². The Hall–Kier alpha value is -1.19. The van der Waals surface area contributed by atoms with E-state index in [1.54, 1.807) is 0 Å². The van der Waals surface area contributed by atoms with Crippen molar-refractivity contribution < 1.29 is 0 Å². The number of hydrogen-bond donors (Lipinski definition) is 1. The zero-order valence-electron chi connectivity index (χ0n) is 12.3. The number of aryl methyl sites for hydroxylation is 1. The number of halogens is 1. The van der Waals surface area contributed by atoms with Gasteiger partial charge in [-0.05, 0) is 55.1 Å². The summed E-state index contributed by atoms with van der Waals surface area (Å²) < 4.78 is 1.15. The summed E-state index contributed by atoms with van der Waals surface area (Å²) in [7, 11) is 0. The summed E-state index contributed by atoms with van der Waals surface area (Å²) in [5.74, 6) is 0. The van der Waals surface area contributed by atoms with Gasteiger partial charge in [0.2, 0.25) is 0 Å². The Bertz CT molecular complexity index is 581. The normalized spacial score (nSPS) is 12.4. The molecule has 1 aromatic heterocycles. The Balaban J connectivity index is 2.44. The van der Waals surface area contributed by atoms with E-state index in [2.05, 4.69) is 71.3 Å². The molecule has 1 heterocycles. The molecule has 0 fully saturated rings. The van der Waals surface area contributed by atoms with E-state index in [0.717, 1.165) is 17.4 Å². The lowest BCUT2D eigenvalue weighted by molar-refractivity contribution is 0.594. The maximum absolute atomic E-state index is 4.34. The molecule has 2 rings (SSSR count). The molecule has 0 saturated carbocycles. The number of pyridine rings is 1. The zero-order valence-corrected chi connectivity index (χ0v) is 13.9. The SMILES string of the molecule is CCCNC(c1cncc(C)c1)c1cccc(Br)c1C. The second-order valence-corrected chi connectivity index (χ2v) is 5.99. The van der Waals surface area contributed by atoms with E-state index in [-0.39, 0.29) is 6.04 Å². The fourth-order valence-electron chi connectivity index (χ4n) is 2.37. The second-order valence-electron chi connectivity index (χ2n) is 5.14. The van der Waals surface area contributed by atoms with E-state index in [1.807, 2.05) is 12.4 Å². The van der Waals surface area contributed by atoms with Crippen molar-refractivity contribution in [1.29, 1.82) is 0 Å². The van der Waals surface area contributed by atoms with Crippen LogP contribution in [0.2, 0.25) is 0 Å². The molecule has 0 aliphatic carbocycles. The average molecular weight is 333 g/mol. The van der Waals surface area contributed by atoms with Crippen LogP contribution in [0.15, 0.2) is 41.1 Å². The number of rotatable bonds is 5. The minimum absolute atomic E-state index is 0.194. The van der Waals surface area contributed by atoms with Crippen molar-refractivity contribution in [2.24, 2.45) is 0 Å². The molecule has 0 saturated heterocycles. The van der Waals surface area contributed by atoms with Gasteiger partial charge in [-0.3, -0.25) is 4.98 Å². The summed E-state index contributed by atoms with van der Waals surface area (Å²) >= 11 is 3.63. The molecule has 3 heteroatoms. The molecule has 2 nitrogen and oxygen atoms in total. The van der Waals surface area contributed by atoms with Crippen LogP contribution in [0.4, 0.5) is 0 Å². The van der Waals surface area contributed by atoms with Crippen LogP contribution >= 0.6 is 15.9 Å². The molecule has 2 aromatic rings.